The lowest BCUT2D eigenvalue weighted by molar-refractivity contribution is -0.169. The van der Waals surface area contributed by atoms with E-state index in [1.54, 1.807) is 6.92 Å². The molecule has 2 aromatic carbocycles. The number of carbonyl (C=O) groups excluding carboxylic acids is 1. The Bertz CT molecular complexity index is 604. The Kier molecular flexibility index (Phi) is 5.34. The molecule has 0 spiro atoms. The van der Waals surface area contributed by atoms with Crippen LogP contribution in [-0.4, -0.2) is 18.7 Å². The lowest BCUT2D eigenvalue weighted by atomic mass is 10.0. The van der Waals surface area contributed by atoms with Crippen LogP contribution in [0.5, 0.6) is 0 Å². The van der Waals surface area contributed by atoms with E-state index in [9.17, 15) is 4.79 Å². The molecule has 0 amide bonds. The van der Waals surface area contributed by atoms with Crippen LogP contribution in [-0.2, 0) is 20.9 Å². The van der Waals surface area contributed by atoms with Crippen LogP contribution in [0.1, 0.15) is 25.8 Å². The van der Waals surface area contributed by atoms with E-state index in [2.05, 4.69) is 24.3 Å². The number of carbonyl (C=O) groups is 1. The summed E-state index contributed by atoms with van der Waals surface area (Å²) in [6, 6.07) is 18.4. The van der Waals surface area contributed by atoms with Gasteiger partial charge < -0.3 is 9.47 Å². The molecule has 116 valence electrons. The monoisotopic (exact) mass is 298 g/mol. The Morgan fingerprint density at radius 2 is 1.59 bits per heavy atom. The first-order valence-electron chi connectivity index (χ1n) is 7.46. The van der Waals surface area contributed by atoms with Gasteiger partial charge in [-0.1, -0.05) is 61.5 Å². The summed E-state index contributed by atoms with van der Waals surface area (Å²) in [5.74, 6) is -0.337. The lowest BCUT2D eigenvalue weighted by Gasteiger charge is -2.25. The van der Waals surface area contributed by atoms with E-state index in [4.69, 9.17) is 9.47 Å². The second-order valence-electron chi connectivity index (χ2n) is 5.43. The molecule has 3 nitrogen and oxygen atoms in total. The van der Waals surface area contributed by atoms with E-state index in [-0.39, 0.29) is 5.97 Å². The van der Waals surface area contributed by atoms with Gasteiger partial charge in [-0.2, -0.15) is 0 Å². The molecule has 1 unspecified atom stereocenters. The van der Waals surface area contributed by atoms with Gasteiger partial charge in [-0.05, 0) is 30.0 Å². The van der Waals surface area contributed by atoms with Crippen molar-refractivity contribution in [1.29, 1.82) is 0 Å². The van der Waals surface area contributed by atoms with Crippen LogP contribution >= 0.6 is 0 Å². The van der Waals surface area contributed by atoms with Crippen molar-refractivity contribution in [2.45, 2.75) is 32.5 Å². The molecule has 0 aliphatic rings. The van der Waals surface area contributed by atoms with Crippen molar-refractivity contribution < 1.29 is 14.3 Å². The minimum atomic E-state index is -0.896. The third-order valence-electron chi connectivity index (χ3n) is 3.91. The first-order valence-corrected chi connectivity index (χ1v) is 7.46. The van der Waals surface area contributed by atoms with Crippen molar-refractivity contribution >= 4 is 5.97 Å². The van der Waals surface area contributed by atoms with E-state index >= 15 is 0 Å². The number of esters is 1. The van der Waals surface area contributed by atoms with Crippen molar-refractivity contribution in [3.8, 4) is 11.1 Å². The van der Waals surface area contributed by atoms with Crippen molar-refractivity contribution in [1.82, 2.24) is 0 Å². The van der Waals surface area contributed by atoms with E-state index in [1.165, 1.54) is 12.7 Å². The Labute approximate surface area is 131 Å². The average molecular weight is 298 g/mol. The molecule has 0 fully saturated rings. The summed E-state index contributed by atoms with van der Waals surface area (Å²) in [5, 5.41) is 0. The quantitative estimate of drug-likeness (QED) is 0.749. The highest BCUT2D eigenvalue weighted by molar-refractivity contribution is 5.78. The summed E-state index contributed by atoms with van der Waals surface area (Å²) in [4.78, 5) is 11.8. The fraction of sp³-hybridized carbons (Fsp3) is 0.316. The Morgan fingerprint density at radius 3 is 2.14 bits per heavy atom. The van der Waals surface area contributed by atoms with Crippen LogP contribution in [0.25, 0.3) is 11.1 Å². The maximum absolute atomic E-state index is 11.8. The lowest BCUT2D eigenvalue weighted by Crippen LogP contribution is -2.38. The molecule has 0 bridgehead atoms. The van der Waals surface area contributed by atoms with Gasteiger partial charge in [0.05, 0.1) is 13.7 Å². The fourth-order valence-corrected chi connectivity index (χ4v) is 2.19. The van der Waals surface area contributed by atoms with E-state index in [1.807, 2.05) is 37.3 Å². The molecular formula is C19H22O3. The van der Waals surface area contributed by atoms with Gasteiger partial charge in [0.1, 0.15) is 0 Å². The molecule has 3 heteroatoms. The topological polar surface area (TPSA) is 35.5 Å². The second kappa shape index (κ2) is 7.23. The predicted octanol–water partition coefficient (Wildman–Crippen LogP) is 4.21. The third kappa shape index (κ3) is 3.74. The van der Waals surface area contributed by atoms with Gasteiger partial charge in [0, 0.05) is 0 Å². The summed E-state index contributed by atoms with van der Waals surface area (Å²) in [6.07, 6.45) is 0.571. The molecule has 0 aliphatic carbocycles. The molecular weight excluding hydrogens is 276 g/mol. The number of rotatable bonds is 6. The van der Waals surface area contributed by atoms with Gasteiger partial charge in [0.25, 0.3) is 0 Å². The van der Waals surface area contributed by atoms with Gasteiger partial charge in [-0.3, -0.25) is 0 Å². The zero-order valence-electron chi connectivity index (χ0n) is 13.3. The normalized spacial score (nSPS) is 13.4. The third-order valence-corrected chi connectivity index (χ3v) is 3.91. The SMILES string of the molecule is CCC(C)(OCc1ccc(-c2ccccc2)cc1)C(=O)OC. The molecule has 2 aromatic rings. The molecule has 0 radical (unpaired) electrons. The van der Waals surface area contributed by atoms with Crippen molar-refractivity contribution in [3.63, 3.8) is 0 Å². The summed E-state index contributed by atoms with van der Waals surface area (Å²) >= 11 is 0. The van der Waals surface area contributed by atoms with Gasteiger partial charge in [-0.15, -0.1) is 0 Å². The molecule has 1 atom stereocenters. The molecule has 0 heterocycles. The van der Waals surface area contributed by atoms with Gasteiger partial charge in [0.2, 0.25) is 0 Å². The first-order chi connectivity index (χ1) is 10.6. The largest absolute Gasteiger partial charge is 0.467 e. The summed E-state index contributed by atoms with van der Waals surface area (Å²) in [5.41, 5.74) is 2.48. The van der Waals surface area contributed by atoms with Crippen LogP contribution in [0.15, 0.2) is 54.6 Å². The predicted molar refractivity (Wildman–Crippen MR) is 87.4 cm³/mol. The minimum absolute atomic E-state index is 0.337. The summed E-state index contributed by atoms with van der Waals surface area (Å²) in [6.45, 7) is 4.06. The van der Waals surface area contributed by atoms with Gasteiger partial charge in [0.15, 0.2) is 5.60 Å². The number of hydrogen-bond acceptors (Lipinski definition) is 3. The molecule has 0 N–H and O–H groups in total. The van der Waals surface area contributed by atoms with Crippen LogP contribution < -0.4 is 0 Å². The number of hydrogen-bond donors (Lipinski definition) is 0. The Hall–Kier alpha value is -2.13. The number of ether oxygens (including phenoxy) is 2. The maximum atomic E-state index is 11.8. The van der Waals surface area contributed by atoms with Gasteiger partial charge in [-0.25, -0.2) is 4.79 Å². The average Bonchev–Trinajstić information content (AvgIpc) is 2.60. The Morgan fingerprint density at radius 1 is 1.00 bits per heavy atom. The molecule has 0 saturated carbocycles. The number of methoxy groups -OCH3 is 1. The van der Waals surface area contributed by atoms with Gasteiger partial charge >= 0.3 is 5.97 Å². The van der Waals surface area contributed by atoms with E-state index in [0.29, 0.717) is 13.0 Å². The van der Waals surface area contributed by atoms with Crippen molar-refractivity contribution in [2.24, 2.45) is 0 Å². The van der Waals surface area contributed by atoms with Crippen LogP contribution in [0.4, 0.5) is 0 Å². The molecule has 0 aromatic heterocycles. The summed E-state index contributed by atoms with van der Waals surface area (Å²) < 4.78 is 10.6. The highest BCUT2D eigenvalue weighted by atomic mass is 16.6. The molecule has 22 heavy (non-hydrogen) atoms. The highest BCUT2D eigenvalue weighted by Gasteiger charge is 2.33. The highest BCUT2D eigenvalue weighted by Crippen LogP contribution is 2.22. The van der Waals surface area contributed by atoms with Crippen molar-refractivity contribution in [3.05, 3.63) is 60.2 Å². The minimum Gasteiger partial charge on any atom is -0.467 e. The van der Waals surface area contributed by atoms with Crippen molar-refractivity contribution in [2.75, 3.05) is 7.11 Å². The Balaban J connectivity index is 2.04. The maximum Gasteiger partial charge on any atom is 0.337 e. The molecule has 0 saturated heterocycles. The van der Waals surface area contributed by atoms with E-state index < -0.39 is 5.60 Å². The van der Waals surface area contributed by atoms with Crippen LogP contribution in [0.2, 0.25) is 0 Å². The van der Waals surface area contributed by atoms with Crippen LogP contribution in [0, 0.1) is 0 Å². The second-order valence-corrected chi connectivity index (χ2v) is 5.43. The fourth-order valence-electron chi connectivity index (χ4n) is 2.19. The number of benzene rings is 2. The summed E-state index contributed by atoms with van der Waals surface area (Å²) in [7, 11) is 1.38. The standard InChI is InChI=1S/C19H22O3/c1-4-19(2,18(20)21-3)22-14-15-10-12-17(13-11-15)16-8-6-5-7-9-16/h5-13H,4,14H2,1-3H3. The van der Waals surface area contributed by atoms with Crippen LogP contribution in [0.3, 0.4) is 0 Å². The van der Waals surface area contributed by atoms with E-state index in [0.717, 1.165) is 11.1 Å². The first kappa shape index (κ1) is 16.2. The smallest absolute Gasteiger partial charge is 0.337 e. The molecule has 0 aliphatic heterocycles. The molecule has 2 rings (SSSR count). The zero-order valence-corrected chi connectivity index (χ0v) is 13.3. The zero-order chi connectivity index (χ0) is 16.0.